The van der Waals surface area contributed by atoms with Gasteiger partial charge < -0.3 is 82.7 Å². The number of aliphatic hydroxyl groups excluding tert-OH is 6. The molecule has 1 unspecified atom stereocenters. The molecule has 2 bridgehead atoms. The van der Waals surface area contributed by atoms with Gasteiger partial charge in [-0.1, -0.05) is 137 Å². The van der Waals surface area contributed by atoms with Gasteiger partial charge in [0.15, 0.2) is 43.5 Å². The minimum Gasteiger partial charge on any atom is -0.457 e. The van der Waals surface area contributed by atoms with E-state index in [2.05, 4.69) is 13.8 Å². The van der Waals surface area contributed by atoms with E-state index in [0.29, 0.717) is 19.3 Å². The predicted molar refractivity (Wildman–Crippen MR) is 280 cm³/mol. The molecule has 448 valence electrons. The monoisotopic (exact) mass is 1100 g/mol. The Kier molecular flexibility index (Phi) is 28.7. The van der Waals surface area contributed by atoms with E-state index in [4.69, 9.17) is 52.1 Å². The molecule has 0 aromatic heterocycles. The number of ether oxygens (including phenoxy) is 11. The van der Waals surface area contributed by atoms with Crippen LogP contribution in [0.4, 0.5) is 0 Å². The molecule has 5 saturated heterocycles. The highest BCUT2D eigenvalue weighted by Crippen LogP contribution is 2.37. The minimum absolute atomic E-state index is 0.0231. The largest absolute Gasteiger partial charge is 0.457 e. The number of carbonyl (C=O) groups excluding carboxylic acids is 3. The highest BCUT2D eigenvalue weighted by Gasteiger charge is 2.56. The van der Waals surface area contributed by atoms with Crippen LogP contribution >= 0.6 is 0 Å². The van der Waals surface area contributed by atoms with E-state index in [-0.39, 0.29) is 18.9 Å². The van der Waals surface area contributed by atoms with Crippen molar-refractivity contribution in [2.45, 2.75) is 338 Å². The number of unbranched alkanes of at least 4 members (excludes halogenated alkanes) is 10. The maximum absolute atomic E-state index is 13.7. The highest BCUT2D eigenvalue weighted by atomic mass is 16.8. The van der Waals surface area contributed by atoms with Crippen molar-refractivity contribution >= 4 is 17.9 Å². The van der Waals surface area contributed by atoms with Crippen LogP contribution in [-0.4, -0.2) is 177 Å². The number of aliphatic hydroxyl groups is 6. The molecule has 0 amide bonds. The predicted octanol–water partition coefficient (Wildman–Crippen LogP) is 6.48. The molecule has 0 aromatic carbocycles. The summed E-state index contributed by atoms with van der Waals surface area (Å²) in [7, 11) is 0. The van der Waals surface area contributed by atoms with E-state index >= 15 is 0 Å². The third kappa shape index (κ3) is 19.5. The number of rotatable bonds is 22. The molecular weight excluding hydrogens is 1000 g/mol. The average Bonchev–Trinajstić information content (AvgIpc) is 3.40. The standard InChI is InChI=1S/C57H100O20/c1-9-12-14-15-16-17-20-23-27-31-39(58)72-50-45(64)55(69-36(7)48(50)75-54-44(63)43(62)47(35(6)68-54)74-53(66)33(4)11-3)76-49-37(8)70-56-46(65)51(49)73-40(59)32-28-24-21-18-19-22-26-30-38(29-25-13-10-2)71-57-52(77-56)42(61)41(60)34(5)67-57/h33-38,41-52,54-57,60-65H,9-32H2,1-8H3/t33-,34+,35-,36-,37-,38?,41-,42-,43-,44+,45+,46+,47-,48-,49-,50-,51-,52+,54-,55-,56-,57-/m0/s1. The lowest BCUT2D eigenvalue weighted by atomic mass is 9.95. The molecule has 5 heterocycles. The summed E-state index contributed by atoms with van der Waals surface area (Å²) in [5, 5.41) is 69.7. The Hall–Kier alpha value is -2.15. The van der Waals surface area contributed by atoms with Crippen molar-refractivity contribution in [2.24, 2.45) is 5.92 Å². The fourth-order valence-electron chi connectivity index (χ4n) is 10.9. The van der Waals surface area contributed by atoms with E-state index in [1.807, 2.05) is 6.92 Å². The van der Waals surface area contributed by atoms with Crippen LogP contribution in [0.5, 0.6) is 0 Å². The first-order valence-corrected chi connectivity index (χ1v) is 29.8. The molecule has 6 N–H and O–H groups in total. The van der Waals surface area contributed by atoms with Gasteiger partial charge in [0.25, 0.3) is 0 Å². The Balaban J connectivity index is 1.38. The van der Waals surface area contributed by atoms with Gasteiger partial charge in [0.2, 0.25) is 0 Å². The lowest BCUT2D eigenvalue weighted by Gasteiger charge is -2.49. The number of hydrogen-bond acceptors (Lipinski definition) is 20. The number of hydrogen-bond donors (Lipinski definition) is 6. The molecule has 77 heavy (non-hydrogen) atoms. The Morgan fingerprint density at radius 2 is 1.08 bits per heavy atom. The molecule has 22 atom stereocenters. The zero-order chi connectivity index (χ0) is 56.2. The summed E-state index contributed by atoms with van der Waals surface area (Å²) in [4.78, 5) is 40.2. The Morgan fingerprint density at radius 3 is 1.74 bits per heavy atom. The molecule has 0 spiro atoms. The van der Waals surface area contributed by atoms with Crippen molar-refractivity contribution in [3.8, 4) is 0 Å². The fourth-order valence-corrected chi connectivity index (χ4v) is 10.9. The van der Waals surface area contributed by atoms with Crippen LogP contribution in [0.2, 0.25) is 0 Å². The van der Waals surface area contributed by atoms with Gasteiger partial charge >= 0.3 is 17.9 Å². The van der Waals surface area contributed by atoms with Crippen molar-refractivity contribution in [2.75, 3.05) is 0 Å². The van der Waals surface area contributed by atoms with Gasteiger partial charge in [-0.25, -0.2) is 0 Å². The van der Waals surface area contributed by atoms with Crippen molar-refractivity contribution in [3.63, 3.8) is 0 Å². The van der Waals surface area contributed by atoms with Gasteiger partial charge in [0, 0.05) is 12.8 Å². The summed E-state index contributed by atoms with van der Waals surface area (Å²) in [6, 6.07) is 0. The number of esters is 3. The van der Waals surface area contributed by atoms with Gasteiger partial charge in [0.1, 0.15) is 54.9 Å². The molecule has 5 fully saturated rings. The van der Waals surface area contributed by atoms with Crippen LogP contribution in [0.1, 0.15) is 209 Å². The Labute approximate surface area is 458 Å². The van der Waals surface area contributed by atoms with Gasteiger partial charge in [-0.3, -0.25) is 14.4 Å². The average molecular weight is 1110 g/mol. The van der Waals surface area contributed by atoms with E-state index in [1.165, 1.54) is 25.7 Å². The first kappa shape index (κ1) is 65.7. The minimum atomic E-state index is -1.81. The maximum Gasteiger partial charge on any atom is 0.309 e. The normalized spacial score (nSPS) is 39.5. The van der Waals surface area contributed by atoms with E-state index in [0.717, 1.165) is 96.3 Å². The van der Waals surface area contributed by atoms with Crippen LogP contribution in [-0.2, 0) is 66.5 Å². The summed E-state index contributed by atoms with van der Waals surface area (Å²) in [6.07, 6.45) is -8.03. The Morgan fingerprint density at radius 1 is 0.519 bits per heavy atom. The summed E-state index contributed by atoms with van der Waals surface area (Å²) < 4.78 is 68.2. The second kappa shape index (κ2) is 33.7. The smallest absolute Gasteiger partial charge is 0.309 e. The molecule has 5 rings (SSSR count). The first-order valence-electron chi connectivity index (χ1n) is 29.8. The van der Waals surface area contributed by atoms with Crippen molar-refractivity contribution < 1.29 is 97.1 Å². The van der Waals surface area contributed by atoms with Crippen LogP contribution in [0.15, 0.2) is 0 Å². The molecule has 5 aliphatic rings. The molecule has 5 aliphatic heterocycles. The molecule has 20 nitrogen and oxygen atoms in total. The second-order valence-corrected chi connectivity index (χ2v) is 22.5. The van der Waals surface area contributed by atoms with Crippen LogP contribution in [0.25, 0.3) is 0 Å². The quantitative estimate of drug-likeness (QED) is 0.0385. The summed E-state index contributed by atoms with van der Waals surface area (Å²) in [6.45, 7) is 14.1. The van der Waals surface area contributed by atoms with Crippen LogP contribution < -0.4 is 0 Å². The molecular formula is C57H100O20. The van der Waals surface area contributed by atoms with Crippen molar-refractivity contribution in [1.82, 2.24) is 0 Å². The van der Waals surface area contributed by atoms with Crippen molar-refractivity contribution in [3.05, 3.63) is 0 Å². The summed E-state index contributed by atoms with van der Waals surface area (Å²) >= 11 is 0. The molecule has 20 heteroatoms. The van der Waals surface area contributed by atoms with E-state index < -0.39 is 147 Å². The van der Waals surface area contributed by atoms with Crippen LogP contribution in [0.3, 0.4) is 0 Å². The van der Waals surface area contributed by atoms with Crippen LogP contribution in [0, 0.1) is 5.92 Å². The van der Waals surface area contributed by atoms with E-state index in [9.17, 15) is 45.0 Å². The molecule has 0 aromatic rings. The third-order valence-electron chi connectivity index (χ3n) is 16.1. The van der Waals surface area contributed by atoms with Gasteiger partial charge in [-0.2, -0.15) is 0 Å². The molecule has 0 saturated carbocycles. The van der Waals surface area contributed by atoms with Gasteiger partial charge in [0.05, 0.1) is 36.4 Å². The SMILES string of the molecule is CCCCCCCCCCCC(=O)O[C@H]1[C@@H](O)[C@H](O[C@@H]2[C@H]3OC(=O)CCCCCCCCCC(CCCCC)O[C@@H]4O[C@H](C)[C@H](O)[C@H](O)[C@H]4O[C@H](O[C@H]2C)[C@@H]3O)O[C@@H](C)[C@@H]1O[C@@H]1O[C@@H](C)[C@H](OC(=O)[C@@H](C)CC)[C@@H](O)[C@H]1O. The van der Waals surface area contributed by atoms with Crippen molar-refractivity contribution in [1.29, 1.82) is 0 Å². The van der Waals surface area contributed by atoms with E-state index in [1.54, 1.807) is 34.6 Å². The Bertz CT molecular complexity index is 1690. The zero-order valence-corrected chi connectivity index (χ0v) is 47.6. The summed E-state index contributed by atoms with van der Waals surface area (Å²) in [5.41, 5.74) is 0. The summed E-state index contributed by atoms with van der Waals surface area (Å²) in [5.74, 6) is -2.32. The maximum atomic E-state index is 13.7. The number of fused-ring (bicyclic) bond motifs is 3. The molecule has 0 aliphatic carbocycles. The first-order chi connectivity index (χ1) is 36.9. The highest BCUT2D eigenvalue weighted by molar-refractivity contribution is 5.72. The zero-order valence-electron chi connectivity index (χ0n) is 47.6. The van der Waals surface area contributed by atoms with Gasteiger partial charge in [-0.05, 0) is 59.8 Å². The second-order valence-electron chi connectivity index (χ2n) is 22.5. The fraction of sp³-hybridized carbons (Fsp3) is 0.947. The topological polar surface area (TPSA) is 274 Å². The van der Waals surface area contributed by atoms with Gasteiger partial charge in [-0.15, -0.1) is 0 Å². The lowest BCUT2D eigenvalue weighted by molar-refractivity contribution is -0.387. The third-order valence-corrected chi connectivity index (χ3v) is 16.1. The molecule has 0 radical (unpaired) electrons. The lowest BCUT2D eigenvalue weighted by Crippen LogP contribution is -2.67. The number of carbonyl (C=O) groups is 3.